The predicted molar refractivity (Wildman–Crippen MR) is 148 cm³/mol. The molecular formula is C30H27F3N2O2S2. The van der Waals surface area contributed by atoms with E-state index in [4.69, 9.17) is 0 Å². The van der Waals surface area contributed by atoms with E-state index in [1.165, 1.54) is 28.3 Å². The van der Waals surface area contributed by atoms with Crippen molar-refractivity contribution in [3.8, 4) is 11.1 Å². The molecule has 1 fully saturated rings. The Morgan fingerprint density at radius 3 is 2.38 bits per heavy atom. The first-order chi connectivity index (χ1) is 18.8. The van der Waals surface area contributed by atoms with Gasteiger partial charge in [0.25, 0.3) is 5.91 Å². The number of alkyl halides is 3. The molecule has 5 rings (SSSR count). The van der Waals surface area contributed by atoms with Gasteiger partial charge < -0.3 is 4.90 Å². The smallest absolute Gasteiger partial charge is 0.339 e. The molecule has 1 aliphatic rings. The second-order valence-corrected chi connectivity index (χ2v) is 11.5. The fourth-order valence-electron chi connectivity index (χ4n) is 4.87. The molecule has 0 atom stereocenters. The van der Waals surface area contributed by atoms with Gasteiger partial charge in [-0.2, -0.15) is 13.2 Å². The molecule has 0 saturated carbocycles. The maximum Gasteiger partial charge on any atom is 0.416 e. The molecule has 9 heteroatoms. The maximum absolute atomic E-state index is 13.4. The van der Waals surface area contributed by atoms with Gasteiger partial charge in [0.2, 0.25) is 0 Å². The molecule has 2 aromatic heterocycles. The Morgan fingerprint density at radius 2 is 1.69 bits per heavy atom. The number of aryl methyl sites for hydroxylation is 1. The van der Waals surface area contributed by atoms with E-state index in [1.54, 1.807) is 40.5 Å². The van der Waals surface area contributed by atoms with Crippen LogP contribution in [0.1, 0.15) is 67.9 Å². The van der Waals surface area contributed by atoms with E-state index >= 15 is 0 Å². The first-order valence-electron chi connectivity index (χ1n) is 12.9. The van der Waals surface area contributed by atoms with Crippen molar-refractivity contribution < 1.29 is 22.8 Å². The third kappa shape index (κ3) is 6.47. The van der Waals surface area contributed by atoms with Crippen LogP contribution in [0, 0.1) is 0 Å². The number of carbonyl (C=O) groups is 2. The van der Waals surface area contributed by atoms with E-state index in [9.17, 15) is 22.8 Å². The van der Waals surface area contributed by atoms with Crippen LogP contribution in [0.25, 0.3) is 11.1 Å². The summed E-state index contributed by atoms with van der Waals surface area (Å²) in [5.41, 5.74) is 1.46. The summed E-state index contributed by atoms with van der Waals surface area (Å²) < 4.78 is 39.0. The van der Waals surface area contributed by atoms with Crippen LogP contribution in [0.15, 0.2) is 71.4 Å². The Morgan fingerprint density at radius 1 is 0.949 bits per heavy atom. The monoisotopic (exact) mass is 568 g/mol. The van der Waals surface area contributed by atoms with Crippen LogP contribution < -0.4 is 0 Å². The Hall–Kier alpha value is -3.30. The van der Waals surface area contributed by atoms with Crippen molar-refractivity contribution in [2.75, 3.05) is 13.1 Å². The van der Waals surface area contributed by atoms with E-state index < -0.39 is 11.7 Å². The summed E-state index contributed by atoms with van der Waals surface area (Å²) in [7, 11) is 0. The summed E-state index contributed by atoms with van der Waals surface area (Å²) in [4.78, 5) is 33.8. The second-order valence-electron chi connectivity index (χ2n) is 9.61. The van der Waals surface area contributed by atoms with Crippen LogP contribution in [0.2, 0.25) is 0 Å². The van der Waals surface area contributed by atoms with Gasteiger partial charge in [0.1, 0.15) is 5.69 Å². The van der Waals surface area contributed by atoms with E-state index in [0.717, 1.165) is 42.8 Å². The molecule has 4 nitrogen and oxygen atoms in total. The number of thiophene rings is 1. The number of aromatic nitrogens is 1. The molecule has 0 unspecified atom stereocenters. The van der Waals surface area contributed by atoms with Gasteiger partial charge >= 0.3 is 6.18 Å². The van der Waals surface area contributed by atoms with Crippen LogP contribution in [-0.2, 0) is 12.6 Å². The fourth-order valence-corrected chi connectivity index (χ4v) is 6.62. The molecule has 0 aliphatic carbocycles. The number of Topliss-reactive ketones (excluding diaryl/α,β-unsaturated/α-hetero) is 1. The Bertz CT molecular complexity index is 1420. The number of piperidine rings is 1. The highest BCUT2D eigenvalue weighted by Gasteiger charge is 2.31. The average Bonchev–Trinajstić information content (AvgIpc) is 3.65. The first-order valence-corrected chi connectivity index (χ1v) is 14.6. The SMILES string of the molecule is O=C(CCCc1cccs1)c1csc(C2CCN(C(=O)c3ccccc3-c3ccc(C(F)(F)F)cc3)CC2)n1. The lowest BCUT2D eigenvalue weighted by Crippen LogP contribution is -2.38. The molecule has 1 saturated heterocycles. The topological polar surface area (TPSA) is 50.3 Å². The van der Waals surface area contributed by atoms with Crippen LogP contribution in [-0.4, -0.2) is 34.7 Å². The highest BCUT2D eigenvalue weighted by atomic mass is 32.1. The summed E-state index contributed by atoms with van der Waals surface area (Å²) in [5, 5.41) is 4.83. The van der Waals surface area contributed by atoms with Crippen molar-refractivity contribution in [2.24, 2.45) is 0 Å². The van der Waals surface area contributed by atoms with Gasteiger partial charge in [0, 0.05) is 41.2 Å². The van der Waals surface area contributed by atoms with E-state index in [-0.39, 0.29) is 17.6 Å². The summed E-state index contributed by atoms with van der Waals surface area (Å²) in [6, 6.07) is 16.0. The zero-order valence-corrected chi connectivity index (χ0v) is 22.7. The van der Waals surface area contributed by atoms with Gasteiger partial charge in [-0.3, -0.25) is 9.59 Å². The summed E-state index contributed by atoms with van der Waals surface area (Å²) in [6.45, 7) is 1.10. The van der Waals surface area contributed by atoms with Gasteiger partial charge in [0.05, 0.1) is 10.6 Å². The zero-order chi connectivity index (χ0) is 27.4. The molecule has 0 radical (unpaired) electrons. The second kappa shape index (κ2) is 11.8. The number of benzene rings is 2. The molecule has 0 spiro atoms. The summed E-state index contributed by atoms with van der Waals surface area (Å²) >= 11 is 3.22. The average molecular weight is 569 g/mol. The van der Waals surface area contributed by atoms with Crippen molar-refractivity contribution in [1.82, 2.24) is 9.88 Å². The molecule has 202 valence electrons. The standard InChI is InChI=1S/C30H27F3N2O2S2/c31-30(32,33)22-12-10-20(11-13-22)24-7-1-2-8-25(24)29(37)35-16-14-21(15-17-35)28-34-26(19-39-28)27(36)9-3-5-23-6-4-18-38-23/h1-2,4,6-8,10-13,18-19,21H,3,5,9,14-17H2. The number of nitrogens with zero attached hydrogens (tertiary/aromatic N) is 2. The quantitative estimate of drug-likeness (QED) is 0.202. The minimum atomic E-state index is -4.41. The summed E-state index contributed by atoms with van der Waals surface area (Å²) in [6.07, 6.45) is -0.739. The minimum absolute atomic E-state index is 0.0709. The van der Waals surface area contributed by atoms with Crippen molar-refractivity contribution >= 4 is 34.4 Å². The van der Waals surface area contributed by atoms with Crippen molar-refractivity contribution in [2.45, 2.75) is 44.2 Å². The molecule has 2 aromatic carbocycles. The van der Waals surface area contributed by atoms with E-state index in [0.29, 0.717) is 41.9 Å². The maximum atomic E-state index is 13.4. The number of ketones is 1. The van der Waals surface area contributed by atoms with Gasteiger partial charge in [-0.05, 0) is 66.5 Å². The molecule has 0 N–H and O–H groups in total. The Balaban J connectivity index is 1.19. The number of hydrogen-bond donors (Lipinski definition) is 0. The lowest BCUT2D eigenvalue weighted by atomic mass is 9.94. The van der Waals surface area contributed by atoms with Crippen LogP contribution in [0.4, 0.5) is 13.2 Å². The number of halogens is 3. The molecular weight excluding hydrogens is 541 g/mol. The molecule has 0 bridgehead atoms. The van der Waals surface area contributed by atoms with Gasteiger partial charge in [-0.25, -0.2) is 4.98 Å². The Labute approximate surface area is 233 Å². The predicted octanol–water partition coefficient (Wildman–Crippen LogP) is 8.12. The highest BCUT2D eigenvalue weighted by molar-refractivity contribution is 7.10. The van der Waals surface area contributed by atoms with Crippen LogP contribution in [0.3, 0.4) is 0 Å². The number of amides is 1. The van der Waals surface area contributed by atoms with Crippen molar-refractivity contribution in [3.05, 3.63) is 98.1 Å². The van der Waals surface area contributed by atoms with Crippen LogP contribution >= 0.6 is 22.7 Å². The minimum Gasteiger partial charge on any atom is -0.339 e. The molecule has 1 aliphatic heterocycles. The van der Waals surface area contributed by atoms with E-state index in [2.05, 4.69) is 11.1 Å². The van der Waals surface area contributed by atoms with Gasteiger partial charge in [0.15, 0.2) is 5.78 Å². The largest absolute Gasteiger partial charge is 0.416 e. The Kier molecular flexibility index (Phi) is 8.28. The molecule has 1 amide bonds. The van der Waals surface area contributed by atoms with Crippen molar-refractivity contribution in [3.63, 3.8) is 0 Å². The lowest BCUT2D eigenvalue weighted by Gasteiger charge is -2.31. The molecule has 4 aromatic rings. The third-order valence-corrected chi connectivity index (χ3v) is 8.97. The normalized spacial score (nSPS) is 14.5. The number of thiazole rings is 1. The molecule has 39 heavy (non-hydrogen) atoms. The van der Waals surface area contributed by atoms with Crippen LogP contribution in [0.5, 0.6) is 0 Å². The number of rotatable bonds is 8. The zero-order valence-electron chi connectivity index (χ0n) is 21.1. The fraction of sp³-hybridized carbons (Fsp3) is 0.300. The molecule has 3 heterocycles. The van der Waals surface area contributed by atoms with Gasteiger partial charge in [-0.15, -0.1) is 22.7 Å². The first kappa shape index (κ1) is 27.3. The third-order valence-electron chi connectivity index (χ3n) is 7.03. The van der Waals surface area contributed by atoms with Crippen molar-refractivity contribution in [1.29, 1.82) is 0 Å². The number of likely N-dealkylation sites (tertiary alicyclic amines) is 1. The summed E-state index contributed by atoms with van der Waals surface area (Å²) in [5.74, 6) is 0.128. The number of carbonyl (C=O) groups excluding carboxylic acids is 2. The lowest BCUT2D eigenvalue weighted by molar-refractivity contribution is -0.137. The highest BCUT2D eigenvalue weighted by Crippen LogP contribution is 2.34. The number of hydrogen-bond acceptors (Lipinski definition) is 5. The van der Waals surface area contributed by atoms with E-state index in [1.807, 2.05) is 16.8 Å². The van der Waals surface area contributed by atoms with Gasteiger partial charge in [-0.1, -0.05) is 36.4 Å².